The third-order valence-electron chi connectivity index (χ3n) is 1.27. The van der Waals surface area contributed by atoms with E-state index >= 15 is 0 Å². The van der Waals surface area contributed by atoms with Crippen LogP contribution in [0.25, 0.3) is 0 Å². The van der Waals surface area contributed by atoms with Crippen molar-refractivity contribution in [2.45, 2.75) is 33.3 Å². The molecule has 0 aliphatic carbocycles. The summed E-state index contributed by atoms with van der Waals surface area (Å²) < 4.78 is 10.0. The van der Waals surface area contributed by atoms with Gasteiger partial charge in [-0.1, -0.05) is 6.08 Å². The molecule has 0 aromatic rings. The van der Waals surface area contributed by atoms with Crippen molar-refractivity contribution in [3.8, 4) is 0 Å². The molecule has 0 aliphatic rings. The molecule has 0 bridgehead atoms. The summed E-state index contributed by atoms with van der Waals surface area (Å²) in [5.74, 6) is -1.08. The third kappa shape index (κ3) is 22.9. The predicted octanol–water partition coefficient (Wildman–Crippen LogP) is 1.62. The van der Waals surface area contributed by atoms with E-state index in [2.05, 4.69) is 6.58 Å². The second-order valence-electron chi connectivity index (χ2n) is 3.09. The minimum absolute atomic E-state index is 0.0627. The summed E-state index contributed by atoms with van der Waals surface area (Å²) in [5, 5.41) is 7.42. The van der Waals surface area contributed by atoms with Gasteiger partial charge in [0.15, 0.2) is 0 Å². The highest BCUT2D eigenvalue weighted by atomic mass is 16.5. The van der Waals surface area contributed by atoms with Crippen LogP contribution in [0.5, 0.6) is 0 Å². The van der Waals surface area contributed by atoms with Gasteiger partial charge in [-0.05, 0) is 6.92 Å². The minimum Gasteiger partial charge on any atom is -0.481 e. The number of esters is 1. The van der Waals surface area contributed by atoms with Crippen molar-refractivity contribution in [3.63, 3.8) is 0 Å². The fourth-order valence-corrected chi connectivity index (χ4v) is 0.758. The Morgan fingerprint density at radius 1 is 1.44 bits per heavy atom. The first-order chi connectivity index (χ1) is 7.40. The summed E-state index contributed by atoms with van der Waals surface area (Å²) in [6, 6.07) is 0. The van der Waals surface area contributed by atoms with Crippen molar-refractivity contribution in [2.75, 3.05) is 13.2 Å². The van der Waals surface area contributed by atoms with Crippen molar-refractivity contribution in [1.82, 2.24) is 0 Å². The highest BCUT2D eigenvalue weighted by Crippen LogP contribution is 1.97. The molecule has 5 nitrogen and oxygen atoms in total. The van der Waals surface area contributed by atoms with Gasteiger partial charge in [-0.3, -0.25) is 9.59 Å². The van der Waals surface area contributed by atoms with Crippen molar-refractivity contribution in [1.29, 1.82) is 0 Å². The molecule has 5 heteroatoms. The number of carbonyl (C=O) groups is 2. The highest BCUT2D eigenvalue weighted by molar-refractivity contribution is 5.66. The van der Waals surface area contributed by atoms with E-state index in [1.54, 1.807) is 6.08 Å². The lowest BCUT2D eigenvalue weighted by atomic mass is 10.3. The smallest absolute Gasteiger partial charge is 0.302 e. The molecule has 1 atom stereocenters. The first-order valence-corrected chi connectivity index (χ1v) is 4.95. The minimum atomic E-state index is -0.833. The molecular formula is C11H20O5. The summed E-state index contributed by atoms with van der Waals surface area (Å²) in [5.41, 5.74) is 0. The van der Waals surface area contributed by atoms with Crippen LogP contribution < -0.4 is 0 Å². The van der Waals surface area contributed by atoms with Gasteiger partial charge in [0.25, 0.3) is 5.97 Å². The number of carboxylic acids is 1. The first-order valence-electron chi connectivity index (χ1n) is 4.95. The number of rotatable bonds is 6. The lowest BCUT2D eigenvalue weighted by molar-refractivity contribution is -0.146. The molecule has 0 heterocycles. The Kier molecular flexibility index (Phi) is 12.5. The third-order valence-corrected chi connectivity index (χ3v) is 1.27. The maximum Gasteiger partial charge on any atom is 0.302 e. The number of aliphatic carboxylic acids is 1. The Balaban J connectivity index is 0. The van der Waals surface area contributed by atoms with Gasteiger partial charge in [-0.25, -0.2) is 0 Å². The van der Waals surface area contributed by atoms with Gasteiger partial charge in [0.1, 0.15) is 6.10 Å². The molecule has 94 valence electrons. The largest absolute Gasteiger partial charge is 0.481 e. The van der Waals surface area contributed by atoms with Crippen LogP contribution in [0.1, 0.15) is 27.2 Å². The van der Waals surface area contributed by atoms with Crippen LogP contribution >= 0.6 is 0 Å². The van der Waals surface area contributed by atoms with E-state index in [4.69, 9.17) is 19.4 Å². The number of carbonyl (C=O) groups excluding carboxylic acids is 1. The van der Waals surface area contributed by atoms with Gasteiger partial charge in [0, 0.05) is 20.3 Å². The van der Waals surface area contributed by atoms with Crippen LogP contribution in [0.15, 0.2) is 12.7 Å². The van der Waals surface area contributed by atoms with Crippen molar-refractivity contribution in [3.05, 3.63) is 12.7 Å². The topological polar surface area (TPSA) is 72.8 Å². The molecule has 0 aromatic heterocycles. The lowest BCUT2D eigenvalue weighted by Crippen LogP contribution is -2.14. The van der Waals surface area contributed by atoms with E-state index in [1.165, 1.54) is 6.92 Å². The van der Waals surface area contributed by atoms with Crippen molar-refractivity contribution < 1.29 is 24.2 Å². The Morgan fingerprint density at radius 2 is 1.94 bits per heavy atom. The maximum atomic E-state index is 10.5. The summed E-state index contributed by atoms with van der Waals surface area (Å²) in [6.07, 6.45) is 2.36. The molecule has 0 aliphatic heterocycles. The van der Waals surface area contributed by atoms with Crippen LogP contribution in [-0.2, 0) is 19.1 Å². The van der Waals surface area contributed by atoms with Gasteiger partial charge in [-0.2, -0.15) is 0 Å². The summed E-state index contributed by atoms with van der Waals surface area (Å²) in [7, 11) is 0. The summed E-state index contributed by atoms with van der Waals surface area (Å²) in [4.78, 5) is 19.5. The second kappa shape index (κ2) is 11.7. The molecule has 0 amide bonds. The SMILES string of the molecule is C=CCOCCC(C)OC(C)=O.CC(=O)O. The van der Waals surface area contributed by atoms with Gasteiger partial charge < -0.3 is 14.6 Å². The summed E-state index contributed by atoms with van der Waals surface area (Å²) in [6.45, 7) is 8.99. The molecule has 16 heavy (non-hydrogen) atoms. The lowest BCUT2D eigenvalue weighted by Gasteiger charge is -2.10. The Labute approximate surface area is 96.0 Å². The standard InChI is InChI=1S/C9H16O3.C2H4O2/c1-4-6-11-7-5-8(2)12-9(3)10;1-2(3)4/h4,8H,1,5-7H2,2-3H3;1H3,(H,3,4). The fraction of sp³-hybridized carbons (Fsp3) is 0.636. The number of carboxylic acid groups (broad SMARTS) is 1. The van der Waals surface area contributed by atoms with Crippen LogP contribution in [0, 0.1) is 0 Å². The van der Waals surface area contributed by atoms with E-state index < -0.39 is 5.97 Å². The Morgan fingerprint density at radius 3 is 2.31 bits per heavy atom. The zero-order chi connectivity index (χ0) is 13.0. The van der Waals surface area contributed by atoms with E-state index in [1.807, 2.05) is 6.92 Å². The van der Waals surface area contributed by atoms with E-state index in [-0.39, 0.29) is 12.1 Å². The fourth-order valence-electron chi connectivity index (χ4n) is 0.758. The molecular weight excluding hydrogens is 212 g/mol. The average Bonchev–Trinajstić information content (AvgIpc) is 2.10. The van der Waals surface area contributed by atoms with Gasteiger partial charge >= 0.3 is 5.97 Å². The summed E-state index contributed by atoms with van der Waals surface area (Å²) >= 11 is 0. The van der Waals surface area contributed by atoms with Gasteiger partial charge in [-0.15, -0.1) is 6.58 Å². The second-order valence-corrected chi connectivity index (χ2v) is 3.09. The van der Waals surface area contributed by atoms with Gasteiger partial charge in [0.05, 0.1) is 13.2 Å². The van der Waals surface area contributed by atoms with E-state index in [0.29, 0.717) is 13.2 Å². The van der Waals surface area contributed by atoms with Crippen LogP contribution in [0.4, 0.5) is 0 Å². The van der Waals surface area contributed by atoms with Crippen molar-refractivity contribution in [2.24, 2.45) is 0 Å². The highest BCUT2D eigenvalue weighted by Gasteiger charge is 2.03. The van der Waals surface area contributed by atoms with Crippen molar-refractivity contribution >= 4 is 11.9 Å². The molecule has 0 radical (unpaired) electrons. The van der Waals surface area contributed by atoms with Crippen LogP contribution in [-0.4, -0.2) is 36.4 Å². The molecule has 0 rings (SSSR count). The monoisotopic (exact) mass is 232 g/mol. The van der Waals surface area contributed by atoms with Crippen LogP contribution in [0.2, 0.25) is 0 Å². The maximum absolute atomic E-state index is 10.5. The number of hydrogen-bond acceptors (Lipinski definition) is 4. The molecule has 0 saturated carbocycles. The average molecular weight is 232 g/mol. The number of ether oxygens (including phenoxy) is 2. The predicted molar refractivity (Wildman–Crippen MR) is 60.2 cm³/mol. The molecule has 0 fully saturated rings. The molecule has 1 N–H and O–H groups in total. The normalized spacial score (nSPS) is 10.7. The first kappa shape index (κ1) is 17.0. The molecule has 1 unspecified atom stereocenters. The van der Waals surface area contributed by atoms with E-state index in [9.17, 15) is 4.79 Å². The zero-order valence-corrected chi connectivity index (χ0v) is 10.1. The van der Waals surface area contributed by atoms with Gasteiger partial charge in [0.2, 0.25) is 0 Å². The molecule has 0 saturated heterocycles. The quantitative estimate of drug-likeness (QED) is 0.428. The Hall–Kier alpha value is -1.36. The van der Waals surface area contributed by atoms with Crippen LogP contribution in [0.3, 0.4) is 0 Å². The Bertz CT molecular complexity index is 208. The zero-order valence-electron chi connectivity index (χ0n) is 10.1. The molecule has 0 aromatic carbocycles. The van der Waals surface area contributed by atoms with E-state index in [0.717, 1.165) is 13.3 Å². The number of hydrogen-bond donors (Lipinski definition) is 1. The molecule has 0 spiro atoms.